The van der Waals surface area contributed by atoms with Crippen molar-refractivity contribution in [2.45, 2.75) is 57.4 Å². The van der Waals surface area contributed by atoms with Gasteiger partial charge in [0.05, 0.1) is 4.20 Å². The molecule has 1 saturated carbocycles. The molecule has 0 bridgehead atoms. The molecule has 0 amide bonds. The van der Waals surface area contributed by atoms with Crippen molar-refractivity contribution in [3.8, 4) is 0 Å². The average Bonchev–Trinajstić information content (AvgIpc) is 2.77. The highest BCUT2D eigenvalue weighted by atomic mass is 32.2. The summed E-state index contributed by atoms with van der Waals surface area (Å²) in [6, 6.07) is 0.724. The first-order valence-corrected chi connectivity index (χ1v) is 8.01. The first-order chi connectivity index (χ1) is 7.81. The van der Waals surface area contributed by atoms with Crippen LogP contribution >= 0.6 is 24.0 Å². The van der Waals surface area contributed by atoms with Crippen LogP contribution in [-0.4, -0.2) is 16.5 Å². The van der Waals surface area contributed by atoms with Gasteiger partial charge < -0.3 is 5.32 Å². The molecule has 90 valence electrons. The van der Waals surface area contributed by atoms with E-state index in [-0.39, 0.29) is 0 Å². The highest BCUT2D eigenvalue weighted by Crippen LogP contribution is 2.30. The summed E-state index contributed by atoms with van der Waals surface area (Å²) in [6.45, 7) is 0. The zero-order valence-electron chi connectivity index (χ0n) is 10.1. The molecule has 0 aliphatic heterocycles. The summed E-state index contributed by atoms with van der Waals surface area (Å²) in [5.74, 6) is 0. The van der Waals surface area contributed by atoms with Crippen LogP contribution in [0, 0.1) is 0 Å². The summed E-state index contributed by atoms with van der Waals surface area (Å²) in [5.41, 5.74) is 2.90. The van der Waals surface area contributed by atoms with Gasteiger partial charge in [-0.05, 0) is 43.9 Å². The highest BCUT2D eigenvalue weighted by molar-refractivity contribution is 8.23. The van der Waals surface area contributed by atoms with E-state index in [2.05, 4.69) is 11.6 Å². The second-order valence-corrected chi connectivity index (χ2v) is 6.26. The normalized spacial score (nSPS) is 22.6. The minimum absolute atomic E-state index is 0.724. The standard InChI is InChI=1S/C13H21NS2/c1-16-13(15)11-8-5-9-12(11)14-10-6-3-2-4-7-10/h10,14H,2-9H2,1H3. The fourth-order valence-corrected chi connectivity index (χ4v) is 3.44. The maximum Gasteiger partial charge on any atom is 0.0752 e. The SMILES string of the molecule is CSC(=S)C1=C(NC2CCCCC2)CCC1. The summed E-state index contributed by atoms with van der Waals surface area (Å²) >= 11 is 7.15. The maximum atomic E-state index is 5.42. The molecule has 1 nitrogen and oxygen atoms in total. The van der Waals surface area contributed by atoms with Gasteiger partial charge in [-0.15, -0.1) is 11.8 Å². The molecule has 0 unspecified atom stereocenters. The number of hydrogen-bond acceptors (Lipinski definition) is 3. The van der Waals surface area contributed by atoms with Crippen LogP contribution in [-0.2, 0) is 0 Å². The van der Waals surface area contributed by atoms with E-state index >= 15 is 0 Å². The van der Waals surface area contributed by atoms with E-state index in [0.29, 0.717) is 0 Å². The molecule has 3 heteroatoms. The van der Waals surface area contributed by atoms with Crippen molar-refractivity contribution in [2.75, 3.05) is 6.26 Å². The first kappa shape index (κ1) is 12.4. The van der Waals surface area contributed by atoms with Gasteiger partial charge >= 0.3 is 0 Å². The number of hydrogen-bond donors (Lipinski definition) is 1. The average molecular weight is 255 g/mol. The number of rotatable bonds is 3. The molecule has 2 aliphatic rings. The molecule has 1 fully saturated rings. The molecule has 0 aromatic heterocycles. The van der Waals surface area contributed by atoms with Crippen molar-refractivity contribution in [2.24, 2.45) is 0 Å². The molecule has 2 aliphatic carbocycles. The van der Waals surface area contributed by atoms with E-state index in [4.69, 9.17) is 12.2 Å². The maximum absolute atomic E-state index is 5.42. The van der Waals surface area contributed by atoms with Crippen LogP contribution in [0.25, 0.3) is 0 Å². The molecule has 2 rings (SSSR count). The van der Waals surface area contributed by atoms with Crippen LogP contribution in [0.15, 0.2) is 11.3 Å². The van der Waals surface area contributed by atoms with Crippen LogP contribution in [0.5, 0.6) is 0 Å². The largest absolute Gasteiger partial charge is 0.385 e. The van der Waals surface area contributed by atoms with E-state index in [1.807, 2.05) is 0 Å². The Labute approximate surface area is 108 Å². The van der Waals surface area contributed by atoms with Crippen molar-refractivity contribution >= 4 is 28.2 Å². The lowest BCUT2D eigenvalue weighted by Crippen LogP contribution is -2.30. The number of thioether (sulfide) groups is 1. The lowest BCUT2D eigenvalue weighted by Gasteiger charge is -2.25. The van der Waals surface area contributed by atoms with Crippen LogP contribution in [0.3, 0.4) is 0 Å². The van der Waals surface area contributed by atoms with Crippen molar-refractivity contribution in [3.05, 3.63) is 11.3 Å². The van der Waals surface area contributed by atoms with Crippen LogP contribution in [0.4, 0.5) is 0 Å². The number of allylic oxidation sites excluding steroid dienone is 1. The third-order valence-electron chi connectivity index (χ3n) is 3.63. The van der Waals surface area contributed by atoms with Gasteiger partial charge in [0.2, 0.25) is 0 Å². The number of thiocarbonyl (C=S) groups is 1. The molecule has 16 heavy (non-hydrogen) atoms. The Bertz CT molecular complexity index is 290. The molecule has 0 aromatic carbocycles. The molecule has 1 N–H and O–H groups in total. The fraction of sp³-hybridized carbons (Fsp3) is 0.769. The fourth-order valence-electron chi connectivity index (χ4n) is 2.74. The van der Waals surface area contributed by atoms with Gasteiger partial charge in [-0.3, -0.25) is 0 Å². The molecular formula is C13H21NS2. The van der Waals surface area contributed by atoms with E-state index in [1.54, 1.807) is 11.8 Å². The van der Waals surface area contributed by atoms with Gasteiger partial charge in [0, 0.05) is 11.7 Å². The molecule has 0 saturated heterocycles. The van der Waals surface area contributed by atoms with Gasteiger partial charge in [0.1, 0.15) is 0 Å². The topological polar surface area (TPSA) is 12.0 Å². The third kappa shape index (κ3) is 3.01. The van der Waals surface area contributed by atoms with E-state index in [1.165, 1.54) is 62.6 Å². The molecule has 0 spiro atoms. The Balaban J connectivity index is 1.98. The first-order valence-electron chi connectivity index (χ1n) is 6.38. The molecule has 0 heterocycles. The van der Waals surface area contributed by atoms with Gasteiger partial charge in [-0.1, -0.05) is 31.5 Å². The zero-order valence-corrected chi connectivity index (χ0v) is 11.7. The lowest BCUT2D eigenvalue weighted by atomic mass is 9.95. The van der Waals surface area contributed by atoms with Crippen molar-refractivity contribution in [1.82, 2.24) is 5.32 Å². The Morgan fingerprint density at radius 2 is 1.94 bits per heavy atom. The predicted octanol–water partition coefficient (Wildman–Crippen LogP) is 4.04. The smallest absolute Gasteiger partial charge is 0.0752 e. The van der Waals surface area contributed by atoms with Crippen LogP contribution in [0.2, 0.25) is 0 Å². The van der Waals surface area contributed by atoms with E-state index < -0.39 is 0 Å². The van der Waals surface area contributed by atoms with Crippen molar-refractivity contribution in [1.29, 1.82) is 0 Å². The van der Waals surface area contributed by atoms with Gasteiger partial charge in [0.25, 0.3) is 0 Å². The minimum Gasteiger partial charge on any atom is -0.385 e. The monoisotopic (exact) mass is 255 g/mol. The molecule has 0 aromatic rings. The highest BCUT2D eigenvalue weighted by Gasteiger charge is 2.21. The second-order valence-electron chi connectivity index (χ2n) is 4.78. The third-order valence-corrected chi connectivity index (χ3v) is 5.00. The predicted molar refractivity (Wildman–Crippen MR) is 77.0 cm³/mol. The molecular weight excluding hydrogens is 234 g/mol. The Morgan fingerprint density at radius 3 is 2.62 bits per heavy atom. The summed E-state index contributed by atoms with van der Waals surface area (Å²) in [7, 11) is 0. The summed E-state index contributed by atoms with van der Waals surface area (Å²) < 4.78 is 1.11. The number of nitrogens with one attached hydrogen (secondary N) is 1. The Kier molecular flexibility index (Phi) is 4.71. The van der Waals surface area contributed by atoms with Gasteiger partial charge in [-0.2, -0.15) is 0 Å². The minimum atomic E-state index is 0.724. The van der Waals surface area contributed by atoms with Crippen LogP contribution in [0.1, 0.15) is 51.4 Å². The summed E-state index contributed by atoms with van der Waals surface area (Å²) in [4.78, 5) is 0. The lowest BCUT2D eigenvalue weighted by molar-refractivity contribution is 0.394. The summed E-state index contributed by atoms with van der Waals surface area (Å²) in [5, 5.41) is 3.76. The Morgan fingerprint density at radius 1 is 1.19 bits per heavy atom. The van der Waals surface area contributed by atoms with Gasteiger partial charge in [0.15, 0.2) is 0 Å². The molecule has 0 radical (unpaired) electrons. The van der Waals surface area contributed by atoms with E-state index in [0.717, 1.165) is 10.2 Å². The quantitative estimate of drug-likeness (QED) is 0.765. The van der Waals surface area contributed by atoms with Crippen molar-refractivity contribution in [3.63, 3.8) is 0 Å². The van der Waals surface area contributed by atoms with Gasteiger partial charge in [-0.25, -0.2) is 0 Å². The van der Waals surface area contributed by atoms with Crippen molar-refractivity contribution < 1.29 is 0 Å². The summed E-state index contributed by atoms with van der Waals surface area (Å²) in [6.07, 6.45) is 12.7. The molecule has 0 atom stereocenters. The van der Waals surface area contributed by atoms with Crippen LogP contribution < -0.4 is 5.32 Å². The van der Waals surface area contributed by atoms with E-state index in [9.17, 15) is 0 Å². The second kappa shape index (κ2) is 6.06. The zero-order chi connectivity index (χ0) is 11.4. The Hall–Kier alpha value is -0.0200.